The maximum atomic E-state index is 13.1. The molecule has 222 valence electrons. The number of hydrogen-bond donors (Lipinski definition) is 3. The van der Waals surface area contributed by atoms with Crippen LogP contribution in [0.3, 0.4) is 0 Å². The van der Waals surface area contributed by atoms with Crippen LogP contribution in [0.2, 0.25) is 0 Å². The Bertz CT molecular complexity index is 1480. The fourth-order valence-corrected chi connectivity index (χ4v) is 4.92. The summed E-state index contributed by atoms with van der Waals surface area (Å²) >= 11 is 1.08. The highest BCUT2D eigenvalue weighted by Crippen LogP contribution is 2.20. The van der Waals surface area contributed by atoms with Crippen LogP contribution in [-0.4, -0.2) is 79.9 Å². The van der Waals surface area contributed by atoms with E-state index < -0.39 is 17.9 Å². The predicted octanol–water partition coefficient (Wildman–Crippen LogP) is 1.99. The van der Waals surface area contributed by atoms with Crippen molar-refractivity contribution >= 4 is 63.4 Å². The highest BCUT2D eigenvalue weighted by atomic mass is 32.2. The van der Waals surface area contributed by atoms with Crippen LogP contribution in [0.15, 0.2) is 30.5 Å². The van der Waals surface area contributed by atoms with Crippen LogP contribution in [0.4, 0.5) is 22.2 Å². The molecule has 3 heterocycles. The van der Waals surface area contributed by atoms with E-state index in [2.05, 4.69) is 25.3 Å². The number of anilines is 3. The number of nitrogen functional groups attached to an aromatic ring is 2. The van der Waals surface area contributed by atoms with Crippen LogP contribution >= 0.6 is 11.8 Å². The third-order valence-electron chi connectivity index (χ3n) is 6.33. The Morgan fingerprint density at radius 2 is 1.88 bits per heavy atom. The first-order valence-corrected chi connectivity index (χ1v) is 14.3. The van der Waals surface area contributed by atoms with E-state index in [0.29, 0.717) is 41.3 Å². The van der Waals surface area contributed by atoms with Gasteiger partial charge >= 0.3 is 5.97 Å². The number of ether oxygens (including phenoxy) is 1. The van der Waals surface area contributed by atoms with Gasteiger partial charge in [0.2, 0.25) is 11.9 Å². The summed E-state index contributed by atoms with van der Waals surface area (Å²) in [6, 6.07) is 5.72. The summed E-state index contributed by atoms with van der Waals surface area (Å²) in [5.41, 5.74) is 13.9. The van der Waals surface area contributed by atoms with Crippen molar-refractivity contribution in [2.75, 3.05) is 42.3 Å². The minimum Gasteiger partial charge on any atom is -0.464 e. The molecule has 0 saturated carbocycles. The fourth-order valence-electron chi connectivity index (χ4n) is 4.12. The normalized spacial score (nSPS) is 13.8. The first kappa shape index (κ1) is 30.4. The second-order valence-corrected chi connectivity index (χ2v) is 11.2. The standard InChI is InChI=1S/C27H33N9O5S/c1-15(2)14-41-25(39)19(8-9-20(37)36-10-11-42-27(36)40)32-24(38)16-4-6-18(7-5-16)35(3)13-17-12-30-23-21(31-17)22(28)33-26(29)34-23/h4-7,12,15,19H,8-11,13-14H2,1-3H3,(H,32,38)(H4,28,29,30,33,34)/t19-/m0/s1. The van der Waals surface area contributed by atoms with E-state index in [0.717, 1.165) is 17.4 Å². The van der Waals surface area contributed by atoms with Gasteiger partial charge in [-0.1, -0.05) is 25.6 Å². The summed E-state index contributed by atoms with van der Waals surface area (Å²) in [6.45, 7) is 4.69. The molecule has 15 heteroatoms. The molecule has 1 fully saturated rings. The van der Waals surface area contributed by atoms with Crippen molar-refractivity contribution in [2.45, 2.75) is 39.3 Å². The number of fused-ring (bicyclic) bond motifs is 1. The number of nitrogens with two attached hydrogens (primary N) is 2. The number of hydrogen-bond acceptors (Lipinski definition) is 13. The average Bonchev–Trinajstić information content (AvgIpc) is 3.39. The Kier molecular flexibility index (Phi) is 9.72. The van der Waals surface area contributed by atoms with E-state index in [9.17, 15) is 19.2 Å². The second-order valence-electron chi connectivity index (χ2n) is 10.2. The highest BCUT2D eigenvalue weighted by molar-refractivity contribution is 8.13. The average molecular weight is 596 g/mol. The van der Waals surface area contributed by atoms with Crippen LogP contribution in [0, 0.1) is 5.92 Å². The molecule has 1 aliphatic heterocycles. The summed E-state index contributed by atoms with van der Waals surface area (Å²) in [7, 11) is 1.85. The van der Waals surface area contributed by atoms with Crippen molar-refractivity contribution < 1.29 is 23.9 Å². The van der Waals surface area contributed by atoms with Gasteiger partial charge in [-0.25, -0.2) is 14.8 Å². The number of amides is 3. The molecule has 42 heavy (non-hydrogen) atoms. The largest absolute Gasteiger partial charge is 0.464 e. The van der Waals surface area contributed by atoms with E-state index in [1.54, 1.807) is 30.5 Å². The quantitative estimate of drug-likeness (QED) is 0.272. The Labute approximate surface area is 246 Å². The summed E-state index contributed by atoms with van der Waals surface area (Å²) in [4.78, 5) is 70.0. The van der Waals surface area contributed by atoms with Crippen LogP contribution in [0.1, 0.15) is 42.7 Å². The zero-order valence-corrected chi connectivity index (χ0v) is 24.4. The van der Waals surface area contributed by atoms with Gasteiger partial charge in [0.1, 0.15) is 6.04 Å². The molecule has 14 nitrogen and oxygen atoms in total. The molecule has 0 radical (unpaired) electrons. The molecular weight excluding hydrogens is 562 g/mol. The van der Waals surface area contributed by atoms with Gasteiger partial charge < -0.3 is 26.4 Å². The van der Waals surface area contributed by atoms with Crippen molar-refractivity contribution in [1.82, 2.24) is 30.2 Å². The summed E-state index contributed by atoms with van der Waals surface area (Å²) in [5, 5.41) is 2.39. The summed E-state index contributed by atoms with van der Waals surface area (Å²) in [6.07, 6.45) is 1.50. The smallest absolute Gasteiger partial charge is 0.328 e. The molecule has 1 saturated heterocycles. The maximum Gasteiger partial charge on any atom is 0.328 e. The monoisotopic (exact) mass is 595 g/mol. The van der Waals surface area contributed by atoms with E-state index in [1.165, 1.54) is 4.90 Å². The van der Waals surface area contributed by atoms with Crippen LogP contribution in [0.25, 0.3) is 11.2 Å². The number of carbonyl (C=O) groups is 4. The SMILES string of the molecule is CC(C)COC(=O)[C@H](CCC(=O)N1CCSC1=O)NC(=O)c1ccc(N(C)Cc2cnc3nc(N)nc(N)c3n2)cc1. The van der Waals surface area contributed by atoms with Crippen LogP contribution in [0.5, 0.6) is 0 Å². The van der Waals surface area contributed by atoms with Crippen LogP contribution in [-0.2, 0) is 20.9 Å². The molecular formula is C27H33N9O5S. The van der Waals surface area contributed by atoms with Crippen LogP contribution < -0.4 is 21.7 Å². The van der Waals surface area contributed by atoms with Gasteiger partial charge in [-0.05, 0) is 36.6 Å². The zero-order chi connectivity index (χ0) is 30.4. The molecule has 1 aliphatic rings. The minimum absolute atomic E-state index is 0.00567. The first-order valence-electron chi connectivity index (χ1n) is 13.3. The number of carbonyl (C=O) groups excluding carboxylic acids is 4. The number of imide groups is 1. The number of rotatable bonds is 11. The number of benzene rings is 1. The third-order valence-corrected chi connectivity index (χ3v) is 7.18. The zero-order valence-electron chi connectivity index (χ0n) is 23.6. The fraction of sp³-hybridized carbons (Fsp3) is 0.407. The molecule has 3 amide bonds. The highest BCUT2D eigenvalue weighted by Gasteiger charge is 2.30. The lowest BCUT2D eigenvalue weighted by atomic mass is 10.1. The first-order chi connectivity index (χ1) is 20.0. The maximum absolute atomic E-state index is 13.1. The minimum atomic E-state index is -1.05. The van der Waals surface area contributed by atoms with Gasteiger partial charge in [-0.2, -0.15) is 9.97 Å². The second kappa shape index (κ2) is 13.4. The van der Waals surface area contributed by atoms with E-state index >= 15 is 0 Å². The Morgan fingerprint density at radius 3 is 2.55 bits per heavy atom. The van der Waals surface area contributed by atoms with Gasteiger partial charge in [-0.15, -0.1) is 0 Å². The summed E-state index contributed by atoms with van der Waals surface area (Å²) < 4.78 is 5.34. The number of esters is 1. The van der Waals surface area contributed by atoms with Gasteiger partial charge in [0.25, 0.3) is 11.1 Å². The lowest BCUT2D eigenvalue weighted by Crippen LogP contribution is -2.43. The lowest BCUT2D eigenvalue weighted by Gasteiger charge is -2.21. The molecule has 0 spiro atoms. The van der Waals surface area contributed by atoms with Gasteiger partial charge in [0.15, 0.2) is 17.0 Å². The molecule has 3 aromatic rings. The van der Waals surface area contributed by atoms with E-state index in [-0.39, 0.29) is 48.3 Å². The van der Waals surface area contributed by atoms with E-state index in [1.807, 2.05) is 25.8 Å². The molecule has 1 aromatic carbocycles. The van der Waals surface area contributed by atoms with E-state index in [4.69, 9.17) is 16.2 Å². The molecule has 5 N–H and O–H groups in total. The number of thioether (sulfide) groups is 1. The van der Waals surface area contributed by atoms with Crippen molar-refractivity contribution in [3.05, 3.63) is 41.7 Å². The predicted molar refractivity (Wildman–Crippen MR) is 158 cm³/mol. The molecule has 1 atom stereocenters. The Hall–Kier alpha value is -4.53. The third kappa shape index (κ3) is 7.60. The Morgan fingerprint density at radius 1 is 1.14 bits per heavy atom. The molecule has 4 rings (SSSR count). The van der Waals surface area contributed by atoms with Gasteiger partial charge in [0, 0.05) is 37.0 Å². The molecule has 0 unspecified atom stereocenters. The molecule has 0 aliphatic carbocycles. The van der Waals surface area contributed by atoms with Gasteiger partial charge in [-0.3, -0.25) is 19.3 Å². The lowest BCUT2D eigenvalue weighted by molar-refractivity contribution is -0.147. The number of aromatic nitrogens is 4. The summed E-state index contributed by atoms with van der Waals surface area (Å²) in [5.74, 6) is -0.706. The van der Waals surface area contributed by atoms with Crippen molar-refractivity contribution in [1.29, 1.82) is 0 Å². The molecule has 2 aromatic heterocycles. The van der Waals surface area contributed by atoms with Crippen molar-refractivity contribution in [3.63, 3.8) is 0 Å². The topological polar surface area (TPSA) is 200 Å². The number of nitrogens with zero attached hydrogens (tertiary/aromatic N) is 6. The van der Waals surface area contributed by atoms with Crippen molar-refractivity contribution in [2.24, 2.45) is 5.92 Å². The van der Waals surface area contributed by atoms with Gasteiger partial charge in [0.05, 0.1) is 25.0 Å². The van der Waals surface area contributed by atoms with Crippen molar-refractivity contribution in [3.8, 4) is 0 Å². The Balaban J connectivity index is 1.40. The number of nitrogens with one attached hydrogen (secondary N) is 1. The molecule has 0 bridgehead atoms.